The monoisotopic (exact) mass is 594 g/mol. The SMILES string of the molecule is CC[Si]1([C]2([Zr+2][C]3([Si]4(CC)CCC4)CCC4CC=CC=C43)CCC3CC=CC=C32)CCC1.[Cl-].[Cl-]. The molecule has 4 unspecified atom stereocenters. The Balaban J connectivity index is 0.00000130. The molecule has 0 aromatic rings. The molecule has 0 spiro atoms. The van der Waals surface area contributed by atoms with Crippen molar-refractivity contribution in [2.45, 2.75) is 107 Å². The molecule has 5 heteroatoms. The molecule has 0 N–H and O–H groups in total. The standard InChI is InChI=1S/2C14H21Si.2ClH.Zr/c2*1-2-15(10-5-11-15)14-9-8-12-6-3-4-7-13(12)14;;;/h2*3-4,7,12H,2,5-6,8-11H2,1H3;2*1H;/q;;;;+2/p-2. The minimum Gasteiger partial charge on any atom is -1.00 e. The molecule has 2 aliphatic heterocycles. The Bertz CT molecular complexity index is 788. The van der Waals surface area contributed by atoms with E-state index in [2.05, 4.69) is 61.4 Å². The normalized spacial score (nSPS) is 38.8. The maximum atomic E-state index is 2.72. The fourth-order valence-electron chi connectivity index (χ4n) is 9.37. The van der Waals surface area contributed by atoms with Gasteiger partial charge in [0, 0.05) is 0 Å². The van der Waals surface area contributed by atoms with Crippen LogP contribution in [-0.2, 0) is 23.2 Å². The molecule has 2 saturated heterocycles. The quantitative estimate of drug-likeness (QED) is 0.414. The molecule has 0 aromatic carbocycles. The van der Waals surface area contributed by atoms with E-state index in [-0.39, 0.29) is 24.8 Å². The third-order valence-electron chi connectivity index (χ3n) is 11.5. The molecular weight excluding hydrogens is 555 g/mol. The Morgan fingerprint density at radius 3 is 1.52 bits per heavy atom. The molecule has 6 aliphatic rings. The Morgan fingerprint density at radius 1 is 0.758 bits per heavy atom. The van der Waals surface area contributed by atoms with Gasteiger partial charge in [0.05, 0.1) is 0 Å². The second-order valence-corrected chi connectivity index (χ2v) is 29.5. The van der Waals surface area contributed by atoms with Gasteiger partial charge in [-0.2, -0.15) is 0 Å². The number of rotatable bonds is 6. The molecule has 4 atom stereocenters. The van der Waals surface area contributed by atoms with Gasteiger partial charge in [-0.25, -0.2) is 0 Å². The maximum absolute atomic E-state index is 2.72. The minimum atomic E-state index is -1.14. The van der Waals surface area contributed by atoms with Crippen LogP contribution in [0.4, 0.5) is 0 Å². The van der Waals surface area contributed by atoms with Gasteiger partial charge < -0.3 is 24.8 Å². The van der Waals surface area contributed by atoms with Crippen LogP contribution in [0.15, 0.2) is 47.6 Å². The molecule has 33 heavy (non-hydrogen) atoms. The third kappa shape index (κ3) is 3.63. The average molecular weight is 597 g/mol. The largest absolute Gasteiger partial charge is 1.00 e. The maximum Gasteiger partial charge on any atom is -1.00 e. The molecule has 2 heterocycles. The molecule has 180 valence electrons. The van der Waals surface area contributed by atoms with Crippen molar-refractivity contribution in [2.75, 3.05) is 0 Å². The van der Waals surface area contributed by atoms with E-state index in [1.165, 1.54) is 12.8 Å². The van der Waals surface area contributed by atoms with Crippen LogP contribution in [0.1, 0.15) is 65.2 Å². The van der Waals surface area contributed by atoms with Crippen LogP contribution in [-0.4, -0.2) is 16.1 Å². The van der Waals surface area contributed by atoms with E-state index >= 15 is 0 Å². The zero-order chi connectivity index (χ0) is 21.2. The molecule has 0 nitrogen and oxygen atoms in total. The van der Waals surface area contributed by atoms with E-state index in [9.17, 15) is 0 Å². The Hall–Kier alpha value is 0.857. The van der Waals surface area contributed by atoms with Gasteiger partial charge in [-0.3, -0.25) is 0 Å². The topological polar surface area (TPSA) is 0 Å². The van der Waals surface area contributed by atoms with E-state index in [0.717, 1.165) is 17.3 Å². The summed E-state index contributed by atoms with van der Waals surface area (Å²) in [6.45, 7) is 5.28. The predicted octanol–water partition coefficient (Wildman–Crippen LogP) is 2.81. The van der Waals surface area contributed by atoms with E-state index in [1.54, 1.807) is 74.8 Å². The summed E-state index contributed by atoms with van der Waals surface area (Å²) in [4.78, 5) is 0. The van der Waals surface area contributed by atoms with E-state index in [1.807, 2.05) is 0 Å². The van der Waals surface area contributed by atoms with Gasteiger partial charge in [0.15, 0.2) is 0 Å². The van der Waals surface area contributed by atoms with Crippen molar-refractivity contribution in [3.63, 3.8) is 0 Å². The fraction of sp³-hybridized carbons (Fsp3) is 0.714. The summed E-state index contributed by atoms with van der Waals surface area (Å²) in [6, 6.07) is 9.96. The first-order chi connectivity index (χ1) is 15.1. The summed E-state index contributed by atoms with van der Waals surface area (Å²) >= 11 is -0.621. The summed E-state index contributed by atoms with van der Waals surface area (Å²) in [5, 5.41) is 0. The van der Waals surface area contributed by atoms with E-state index in [0.29, 0.717) is 0 Å². The third-order valence-corrected chi connectivity index (χ3v) is 38.2. The Kier molecular flexibility index (Phi) is 8.12. The van der Waals surface area contributed by atoms with Crippen molar-refractivity contribution < 1.29 is 48.0 Å². The van der Waals surface area contributed by atoms with Crippen molar-refractivity contribution in [3.05, 3.63) is 47.6 Å². The second kappa shape index (κ2) is 9.96. The second-order valence-electron chi connectivity index (χ2n) is 12.0. The van der Waals surface area contributed by atoms with Gasteiger partial charge in [-0.05, 0) is 0 Å². The van der Waals surface area contributed by atoms with Gasteiger partial charge >= 0.3 is 206 Å². The molecule has 4 aliphatic carbocycles. The number of halogens is 2. The molecule has 0 aromatic heterocycles. The van der Waals surface area contributed by atoms with Crippen LogP contribution >= 0.6 is 0 Å². The molecule has 0 bridgehead atoms. The van der Waals surface area contributed by atoms with Gasteiger partial charge in [-0.1, -0.05) is 0 Å². The summed E-state index contributed by atoms with van der Waals surface area (Å²) in [5.74, 6) is 1.88. The molecule has 4 fully saturated rings. The number of hydrogen-bond donors (Lipinski definition) is 0. The van der Waals surface area contributed by atoms with Crippen molar-refractivity contribution in [1.82, 2.24) is 0 Å². The van der Waals surface area contributed by atoms with Crippen LogP contribution in [0.2, 0.25) is 41.8 Å². The van der Waals surface area contributed by atoms with Crippen molar-refractivity contribution in [3.8, 4) is 0 Å². The molecule has 2 saturated carbocycles. The summed E-state index contributed by atoms with van der Waals surface area (Å²) in [5.41, 5.74) is 4.15. The summed E-state index contributed by atoms with van der Waals surface area (Å²) in [6.07, 6.45) is 27.7. The number of fused-ring (bicyclic) bond motifs is 2. The fourth-order valence-corrected chi connectivity index (χ4v) is 38.5. The minimum absolute atomic E-state index is 0. The van der Waals surface area contributed by atoms with Crippen molar-refractivity contribution in [1.29, 1.82) is 0 Å². The van der Waals surface area contributed by atoms with Gasteiger partial charge in [0.2, 0.25) is 0 Å². The summed E-state index contributed by atoms with van der Waals surface area (Å²) in [7, 11) is -2.29. The predicted molar refractivity (Wildman–Crippen MR) is 135 cm³/mol. The van der Waals surface area contributed by atoms with Crippen LogP contribution in [0.5, 0.6) is 0 Å². The average Bonchev–Trinajstić information content (AvgIpc) is 3.29. The molecular formula is C28H42Cl2Si2Zr. The zero-order valence-corrected chi connectivity index (χ0v) is 26.7. The molecule has 0 radical (unpaired) electrons. The molecule has 6 rings (SSSR count). The Labute approximate surface area is 229 Å². The summed E-state index contributed by atoms with van der Waals surface area (Å²) < 4.78 is 1.64. The Morgan fingerprint density at radius 2 is 1.18 bits per heavy atom. The first-order valence-electron chi connectivity index (χ1n) is 13.7. The molecule has 0 amide bonds. The van der Waals surface area contributed by atoms with Crippen LogP contribution < -0.4 is 24.8 Å². The van der Waals surface area contributed by atoms with E-state index in [4.69, 9.17) is 0 Å². The van der Waals surface area contributed by atoms with Crippen LogP contribution in [0.25, 0.3) is 0 Å². The van der Waals surface area contributed by atoms with E-state index < -0.39 is 39.4 Å². The van der Waals surface area contributed by atoms with Crippen molar-refractivity contribution >= 4 is 16.1 Å². The van der Waals surface area contributed by atoms with Crippen LogP contribution in [0, 0.1) is 11.8 Å². The number of hydrogen-bond acceptors (Lipinski definition) is 0. The first-order valence-corrected chi connectivity index (χ1v) is 21.4. The smallest absolute Gasteiger partial charge is 1.00 e. The van der Waals surface area contributed by atoms with Crippen molar-refractivity contribution in [2.24, 2.45) is 11.8 Å². The zero-order valence-electron chi connectivity index (χ0n) is 20.8. The van der Waals surface area contributed by atoms with Crippen LogP contribution in [0.3, 0.4) is 0 Å². The van der Waals surface area contributed by atoms with Gasteiger partial charge in [0.25, 0.3) is 0 Å². The van der Waals surface area contributed by atoms with Gasteiger partial charge in [0.1, 0.15) is 0 Å². The van der Waals surface area contributed by atoms with Gasteiger partial charge in [-0.15, -0.1) is 0 Å². The first kappa shape index (κ1) is 26.9. The number of allylic oxidation sites excluding steroid dienone is 8.